The third-order valence-corrected chi connectivity index (χ3v) is 6.21. The molecule has 0 bridgehead atoms. The summed E-state index contributed by atoms with van der Waals surface area (Å²) >= 11 is 6.02. The van der Waals surface area contributed by atoms with Crippen LogP contribution < -0.4 is 5.56 Å². The molecule has 0 amide bonds. The smallest absolute Gasteiger partial charge is 0.265 e. The van der Waals surface area contributed by atoms with Crippen LogP contribution in [0.3, 0.4) is 0 Å². The van der Waals surface area contributed by atoms with E-state index in [9.17, 15) is 4.79 Å². The van der Waals surface area contributed by atoms with E-state index in [2.05, 4.69) is 32.0 Å². The van der Waals surface area contributed by atoms with E-state index in [1.54, 1.807) is 10.9 Å². The highest BCUT2D eigenvalue weighted by molar-refractivity contribution is 6.30. The van der Waals surface area contributed by atoms with Crippen LogP contribution in [0.5, 0.6) is 0 Å². The van der Waals surface area contributed by atoms with Gasteiger partial charge in [0.25, 0.3) is 5.56 Å². The zero-order valence-corrected chi connectivity index (χ0v) is 19.4. The van der Waals surface area contributed by atoms with Gasteiger partial charge in [0.2, 0.25) is 0 Å². The fourth-order valence-corrected chi connectivity index (χ4v) is 4.62. The van der Waals surface area contributed by atoms with Crippen molar-refractivity contribution >= 4 is 44.8 Å². The van der Waals surface area contributed by atoms with Crippen LogP contribution in [0.25, 0.3) is 38.9 Å². The van der Waals surface area contributed by atoms with Crippen LogP contribution in [0.4, 0.5) is 0 Å². The van der Waals surface area contributed by atoms with Crippen molar-refractivity contribution in [1.29, 1.82) is 0 Å². The average molecular weight is 466 g/mol. The van der Waals surface area contributed by atoms with Crippen LogP contribution in [0.1, 0.15) is 16.7 Å². The first-order chi connectivity index (χ1) is 16.5. The first kappa shape index (κ1) is 20.6. The quantitative estimate of drug-likeness (QED) is 0.341. The summed E-state index contributed by atoms with van der Waals surface area (Å²) in [5.74, 6) is 0. The number of halogens is 1. The number of hydrogen-bond acceptors (Lipinski definition) is 4. The molecule has 3 aromatic carbocycles. The van der Waals surface area contributed by atoms with Crippen molar-refractivity contribution in [3.05, 3.63) is 105 Å². The second-order valence-electron chi connectivity index (χ2n) is 8.57. The Kier molecular flexibility index (Phi) is 4.71. The molecule has 0 aliphatic heterocycles. The maximum atomic E-state index is 13.7. The number of benzene rings is 3. The van der Waals surface area contributed by atoms with Crippen LogP contribution >= 0.6 is 11.6 Å². The third kappa shape index (κ3) is 3.35. The molecule has 0 radical (unpaired) electrons. The Morgan fingerprint density at radius 2 is 1.53 bits per heavy atom. The van der Waals surface area contributed by atoms with E-state index in [0.29, 0.717) is 33.8 Å². The molecular formula is C27H20ClN5O. The molecule has 6 aromatic rings. The average Bonchev–Trinajstić information content (AvgIpc) is 3.14. The van der Waals surface area contributed by atoms with Gasteiger partial charge < -0.3 is 0 Å². The number of para-hydroxylation sites is 2. The highest BCUT2D eigenvalue weighted by Gasteiger charge is 2.21. The highest BCUT2D eigenvalue weighted by Crippen LogP contribution is 2.29. The van der Waals surface area contributed by atoms with Crippen molar-refractivity contribution in [3.8, 4) is 5.69 Å². The third-order valence-electron chi connectivity index (χ3n) is 5.96. The Balaban J connectivity index is 1.68. The highest BCUT2D eigenvalue weighted by atomic mass is 35.5. The summed E-state index contributed by atoms with van der Waals surface area (Å²) in [5.41, 5.74) is 7.18. The van der Waals surface area contributed by atoms with Crippen LogP contribution in [-0.4, -0.2) is 24.1 Å². The molecule has 3 heterocycles. The molecule has 0 saturated carbocycles. The zero-order chi connectivity index (χ0) is 23.4. The zero-order valence-electron chi connectivity index (χ0n) is 18.7. The summed E-state index contributed by atoms with van der Waals surface area (Å²) in [4.78, 5) is 28.3. The molecule has 7 heteroatoms. The lowest BCUT2D eigenvalue weighted by Gasteiger charge is -2.10. The Hall–Kier alpha value is -4.03. The molecule has 0 saturated heterocycles. The minimum atomic E-state index is -0.155. The molecule has 0 N–H and O–H groups in total. The molecule has 34 heavy (non-hydrogen) atoms. The summed E-state index contributed by atoms with van der Waals surface area (Å²) < 4.78 is 3.55. The van der Waals surface area contributed by atoms with Gasteiger partial charge in [0.1, 0.15) is 17.2 Å². The van der Waals surface area contributed by atoms with E-state index in [4.69, 9.17) is 26.6 Å². The minimum Gasteiger partial charge on any atom is -0.294 e. The van der Waals surface area contributed by atoms with Crippen molar-refractivity contribution in [2.45, 2.75) is 20.4 Å². The molecule has 0 fully saturated rings. The molecule has 166 valence electrons. The number of aromatic nitrogens is 5. The lowest BCUT2D eigenvalue weighted by molar-refractivity contribution is 0.747. The van der Waals surface area contributed by atoms with Crippen LogP contribution in [0.2, 0.25) is 5.02 Å². The van der Waals surface area contributed by atoms with E-state index < -0.39 is 0 Å². The molecular weight excluding hydrogens is 446 g/mol. The van der Waals surface area contributed by atoms with Crippen molar-refractivity contribution < 1.29 is 0 Å². The Labute approximate surface area is 200 Å². The first-order valence-corrected chi connectivity index (χ1v) is 11.4. The Morgan fingerprint density at radius 1 is 0.853 bits per heavy atom. The van der Waals surface area contributed by atoms with Gasteiger partial charge in [0.15, 0.2) is 11.3 Å². The topological polar surface area (TPSA) is 65.6 Å². The molecule has 0 aliphatic carbocycles. The maximum absolute atomic E-state index is 13.7. The lowest BCUT2D eigenvalue weighted by atomic mass is 10.1. The predicted octanol–water partition coefficient (Wildman–Crippen LogP) is 5.60. The Morgan fingerprint density at radius 3 is 2.24 bits per heavy atom. The van der Waals surface area contributed by atoms with Crippen LogP contribution in [-0.2, 0) is 6.54 Å². The Bertz CT molecular complexity index is 1760. The predicted molar refractivity (Wildman–Crippen MR) is 136 cm³/mol. The molecule has 0 atom stereocenters. The van der Waals surface area contributed by atoms with Gasteiger partial charge in [-0.05, 0) is 66.9 Å². The van der Waals surface area contributed by atoms with E-state index in [0.717, 1.165) is 33.4 Å². The monoisotopic (exact) mass is 465 g/mol. The normalized spacial score (nSPS) is 11.6. The van der Waals surface area contributed by atoms with Crippen molar-refractivity contribution in [1.82, 2.24) is 24.1 Å². The second-order valence-corrected chi connectivity index (χ2v) is 9.00. The summed E-state index contributed by atoms with van der Waals surface area (Å²) in [7, 11) is 0. The number of aryl methyl sites for hydroxylation is 2. The summed E-state index contributed by atoms with van der Waals surface area (Å²) in [5, 5.41) is 1.12. The van der Waals surface area contributed by atoms with Gasteiger partial charge in [-0.2, -0.15) is 0 Å². The van der Waals surface area contributed by atoms with Gasteiger partial charge in [-0.15, -0.1) is 0 Å². The molecule has 3 aromatic heterocycles. The van der Waals surface area contributed by atoms with Crippen molar-refractivity contribution in [2.75, 3.05) is 0 Å². The van der Waals surface area contributed by atoms with E-state index in [-0.39, 0.29) is 5.56 Å². The van der Waals surface area contributed by atoms with Crippen LogP contribution in [0.15, 0.2) is 77.9 Å². The fourth-order valence-electron chi connectivity index (χ4n) is 4.50. The van der Waals surface area contributed by atoms with Gasteiger partial charge in [0, 0.05) is 10.7 Å². The number of fused-ring (bicyclic) bond motifs is 4. The van der Waals surface area contributed by atoms with Gasteiger partial charge >= 0.3 is 0 Å². The second kappa shape index (κ2) is 7.78. The van der Waals surface area contributed by atoms with E-state index in [1.165, 1.54) is 0 Å². The van der Waals surface area contributed by atoms with Crippen molar-refractivity contribution in [2.24, 2.45) is 0 Å². The van der Waals surface area contributed by atoms with Gasteiger partial charge in [-0.1, -0.05) is 41.9 Å². The maximum Gasteiger partial charge on any atom is 0.265 e. The van der Waals surface area contributed by atoms with E-state index >= 15 is 0 Å². The molecule has 0 aliphatic rings. The summed E-state index contributed by atoms with van der Waals surface area (Å²) in [6.07, 6.45) is 1.59. The summed E-state index contributed by atoms with van der Waals surface area (Å²) in [6.45, 7) is 4.49. The molecule has 0 spiro atoms. The number of rotatable bonds is 3. The van der Waals surface area contributed by atoms with Crippen LogP contribution in [0, 0.1) is 13.8 Å². The van der Waals surface area contributed by atoms with Gasteiger partial charge in [-0.3, -0.25) is 13.9 Å². The van der Waals surface area contributed by atoms with Gasteiger partial charge in [-0.25, -0.2) is 15.0 Å². The van der Waals surface area contributed by atoms with Crippen molar-refractivity contribution in [3.63, 3.8) is 0 Å². The van der Waals surface area contributed by atoms with Gasteiger partial charge in [0.05, 0.1) is 17.6 Å². The number of hydrogen-bond donors (Lipinski definition) is 0. The largest absolute Gasteiger partial charge is 0.294 e. The SMILES string of the molecule is Cc1cc(C)cc(-n2c3nc4ccccc4nc3c3c(=O)n(Cc4ccc(Cl)cc4)cnc32)c1. The molecule has 6 nitrogen and oxygen atoms in total. The molecule has 0 unspecified atom stereocenters. The van der Waals surface area contributed by atoms with E-state index in [1.807, 2.05) is 53.1 Å². The standard InChI is InChI=1S/C27H20ClN5O/c1-16-11-17(2)13-20(12-16)33-25-23(24-26(33)31-22-6-4-3-5-21(22)30-24)27(34)32(15-29-25)14-18-7-9-19(28)10-8-18/h3-13,15H,14H2,1-2H3. The first-order valence-electron chi connectivity index (χ1n) is 11.0. The molecule has 6 rings (SSSR count). The number of nitrogens with zero attached hydrogens (tertiary/aromatic N) is 5. The fraction of sp³-hybridized carbons (Fsp3) is 0.111. The summed E-state index contributed by atoms with van der Waals surface area (Å²) in [6, 6.07) is 21.4. The minimum absolute atomic E-state index is 0.155. The lowest BCUT2D eigenvalue weighted by Crippen LogP contribution is -2.21.